The van der Waals surface area contributed by atoms with Gasteiger partial charge in [-0.1, -0.05) is 6.07 Å². The van der Waals surface area contributed by atoms with Gasteiger partial charge in [0.05, 0.1) is 17.6 Å². The number of benzene rings is 1. The highest BCUT2D eigenvalue weighted by molar-refractivity contribution is 7.92. The Kier molecular flexibility index (Phi) is 3.80. The molecule has 1 aromatic heterocycles. The standard InChI is InChI=1S/C13H16FN3O2S/c1-4-17-10(3)13(8-15-17)20(18,19)16-11-6-5-9(2)12(14)7-11/h5-8,16H,4H2,1-3H3. The van der Waals surface area contributed by atoms with Gasteiger partial charge in [0, 0.05) is 6.54 Å². The molecule has 1 N–H and O–H groups in total. The van der Waals surface area contributed by atoms with Crippen molar-refractivity contribution in [1.82, 2.24) is 9.78 Å². The number of sulfonamides is 1. The van der Waals surface area contributed by atoms with Crippen molar-refractivity contribution in [2.24, 2.45) is 0 Å². The van der Waals surface area contributed by atoms with Crippen molar-refractivity contribution in [3.05, 3.63) is 41.5 Å². The summed E-state index contributed by atoms with van der Waals surface area (Å²) in [4.78, 5) is 0.0975. The Labute approximate surface area is 117 Å². The van der Waals surface area contributed by atoms with E-state index in [2.05, 4.69) is 9.82 Å². The van der Waals surface area contributed by atoms with Gasteiger partial charge in [-0.2, -0.15) is 5.10 Å². The third-order valence-electron chi connectivity index (χ3n) is 3.07. The van der Waals surface area contributed by atoms with Gasteiger partial charge in [0.1, 0.15) is 10.7 Å². The highest BCUT2D eigenvalue weighted by atomic mass is 32.2. The van der Waals surface area contributed by atoms with Gasteiger partial charge < -0.3 is 0 Å². The van der Waals surface area contributed by atoms with Crippen molar-refractivity contribution in [1.29, 1.82) is 0 Å². The number of nitrogens with one attached hydrogen (secondary N) is 1. The Morgan fingerprint density at radius 2 is 2.05 bits per heavy atom. The second-order valence-corrected chi connectivity index (χ2v) is 6.13. The number of halogens is 1. The number of hydrogen-bond donors (Lipinski definition) is 1. The third kappa shape index (κ3) is 2.67. The van der Waals surface area contributed by atoms with Gasteiger partial charge in [-0.05, 0) is 38.5 Å². The summed E-state index contributed by atoms with van der Waals surface area (Å²) in [6, 6.07) is 4.21. The fourth-order valence-corrected chi connectivity index (χ4v) is 3.11. The minimum absolute atomic E-state index is 0.0975. The van der Waals surface area contributed by atoms with E-state index < -0.39 is 15.8 Å². The van der Waals surface area contributed by atoms with Crippen LogP contribution < -0.4 is 4.72 Å². The molecule has 2 rings (SSSR count). The fourth-order valence-electron chi connectivity index (χ4n) is 1.88. The molecular formula is C13H16FN3O2S. The van der Waals surface area contributed by atoms with Gasteiger partial charge in [0.15, 0.2) is 0 Å². The zero-order valence-corrected chi connectivity index (χ0v) is 12.3. The van der Waals surface area contributed by atoms with E-state index in [1.807, 2.05) is 6.92 Å². The first-order chi connectivity index (χ1) is 9.35. The molecule has 5 nitrogen and oxygen atoms in total. The largest absolute Gasteiger partial charge is 0.279 e. The highest BCUT2D eigenvalue weighted by Gasteiger charge is 2.20. The molecule has 0 aliphatic carbocycles. The van der Waals surface area contributed by atoms with E-state index in [-0.39, 0.29) is 10.6 Å². The van der Waals surface area contributed by atoms with Gasteiger partial charge >= 0.3 is 0 Å². The molecule has 1 heterocycles. The molecule has 0 aliphatic heterocycles. The lowest BCUT2D eigenvalue weighted by molar-refractivity contribution is 0.598. The van der Waals surface area contributed by atoms with Gasteiger partial charge in [-0.25, -0.2) is 12.8 Å². The molecule has 0 bridgehead atoms. The Morgan fingerprint density at radius 1 is 1.35 bits per heavy atom. The normalized spacial score (nSPS) is 11.6. The molecule has 0 fully saturated rings. The number of rotatable bonds is 4. The summed E-state index contributed by atoms with van der Waals surface area (Å²) in [6.45, 7) is 5.75. The summed E-state index contributed by atoms with van der Waals surface area (Å²) in [5.41, 5.74) is 1.20. The van der Waals surface area contributed by atoms with Crippen LogP contribution in [0.25, 0.3) is 0 Å². The summed E-state index contributed by atoms with van der Waals surface area (Å²) >= 11 is 0. The van der Waals surface area contributed by atoms with Crippen molar-refractivity contribution < 1.29 is 12.8 Å². The molecule has 0 aliphatic rings. The van der Waals surface area contributed by atoms with Crippen LogP contribution in [0, 0.1) is 19.7 Å². The number of hydrogen-bond acceptors (Lipinski definition) is 3. The summed E-state index contributed by atoms with van der Waals surface area (Å²) in [6.07, 6.45) is 1.30. The molecular weight excluding hydrogens is 281 g/mol. The molecule has 0 spiro atoms. The van der Waals surface area contributed by atoms with Crippen LogP contribution in [-0.2, 0) is 16.6 Å². The molecule has 0 unspecified atom stereocenters. The van der Waals surface area contributed by atoms with E-state index in [1.54, 1.807) is 18.5 Å². The number of aromatic nitrogens is 2. The Balaban J connectivity index is 2.35. The molecule has 0 saturated carbocycles. The first kappa shape index (κ1) is 14.5. The molecule has 1 aromatic carbocycles. The summed E-state index contributed by atoms with van der Waals surface area (Å²) in [5.74, 6) is -0.453. The maximum atomic E-state index is 13.4. The summed E-state index contributed by atoms with van der Waals surface area (Å²) in [5, 5.41) is 4.00. The molecule has 108 valence electrons. The summed E-state index contributed by atoms with van der Waals surface area (Å²) in [7, 11) is -3.76. The van der Waals surface area contributed by atoms with Crippen molar-refractivity contribution in [3.8, 4) is 0 Å². The van der Waals surface area contributed by atoms with E-state index >= 15 is 0 Å². The molecule has 0 amide bonds. The van der Waals surface area contributed by atoms with Crippen LogP contribution in [0.1, 0.15) is 18.2 Å². The quantitative estimate of drug-likeness (QED) is 0.943. The van der Waals surface area contributed by atoms with Crippen molar-refractivity contribution in [2.75, 3.05) is 4.72 Å². The average Bonchev–Trinajstić information content (AvgIpc) is 2.75. The number of nitrogens with zero attached hydrogens (tertiary/aromatic N) is 2. The predicted octanol–water partition coefficient (Wildman–Crippen LogP) is 2.46. The second-order valence-electron chi connectivity index (χ2n) is 4.48. The topological polar surface area (TPSA) is 64.0 Å². The molecule has 0 radical (unpaired) electrons. The SMILES string of the molecule is CCn1ncc(S(=O)(=O)Nc2ccc(C)c(F)c2)c1C. The van der Waals surface area contributed by atoms with Gasteiger partial charge in [0.2, 0.25) is 0 Å². The first-order valence-corrected chi connectivity index (χ1v) is 7.65. The van der Waals surface area contributed by atoms with Crippen LogP contribution in [0.15, 0.2) is 29.3 Å². The second kappa shape index (κ2) is 5.24. The predicted molar refractivity (Wildman–Crippen MR) is 74.6 cm³/mol. The lowest BCUT2D eigenvalue weighted by Gasteiger charge is -2.08. The maximum absolute atomic E-state index is 13.4. The Morgan fingerprint density at radius 3 is 2.60 bits per heavy atom. The zero-order valence-electron chi connectivity index (χ0n) is 11.5. The van der Waals surface area contributed by atoms with Crippen LogP contribution in [0.3, 0.4) is 0 Å². The number of anilines is 1. The number of aryl methyl sites for hydroxylation is 2. The van der Waals surface area contributed by atoms with Crippen molar-refractivity contribution in [3.63, 3.8) is 0 Å². The molecule has 20 heavy (non-hydrogen) atoms. The maximum Gasteiger partial charge on any atom is 0.265 e. The van der Waals surface area contributed by atoms with E-state index in [1.165, 1.54) is 18.3 Å². The molecule has 0 atom stereocenters. The molecule has 7 heteroatoms. The fraction of sp³-hybridized carbons (Fsp3) is 0.308. The molecule has 0 saturated heterocycles. The van der Waals surface area contributed by atoms with Crippen LogP contribution in [0.5, 0.6) is 0 Å². The van der Waals surface area contributed by atoms with Gasteiger partial charge in [-0.15, -0.1) is 0 Å². The minimum atomic E-state index is -3.76. The monoisotopic (exact) mass is 297 g/mol. The van der Waals surface area contributed by atoms with E-state index in [0.717, 1.165) is 6.07 Å². The van der Waals surface area contributed by atoms with Crippen LogP contribution >= 0.6 is 0 Å². The third-order valence-corrected chi connectivity index (χ3v) is 4.56. The Hall–Kier alpha value is -1.89. The lowest BCUT2D eigenvalue weighted by atomic mass is 10.2. The Bertz CT molecular complexity index is 738. The summed E-state index contributed by atoms with van der Waals surface area (Å²) < 4.78 is 41.9. The van der Waals surface area contributed by atoms with Gasteiger partial charge in [0.25, 0.3) is 10.0 Å². The lowest BCUT2D eigenvalue weighted by Crippen LogP contribution is -2.14. The zero-order chi connectivity index (χ0) is 14.9. The van der Waals surface area contributed by atoms with E-state index in [9.17, 15) is 12.8 Å². The van der Waals surface area contributed by atoms with Crippen LogP contribution in [-0.4, -0.2) is 18.2 Å². The minimum Gasteiger partial charge on any atom is -0.279 e. The van der Waals surface area contributed by atoms with Crippen LogP contribution in [0.2, 0.25) is 0 Å². The van der Waals surface area contributed by atoms with E-state index in [4.69, 9.17) is 0 Å². The smallest absolute Gasteiger partial charge is 0.265 e. The van der Waals surface area contributed by atoms with Crippen molar-refractivity contribution in [2.45, 2.75) is 32.2 Å². The van der Waals surface area contributed by atoms with Gasteiger partial charge in [-0.3, -0.25) is 9.40 Å². The average molecular weight is 297 g/mol. The first-order valence-electron chi connectivity index (χ1n) is 6.16. The molecule has 2 aromatic rings. The van der Waals surface area contributed by atoms with Crippen molar-refractivity contribution >= 4 is 15.7 Å². The van der Waals surface area contributed by atoms with E-state index in [0.29, 0.717) is 17.8 Å². The van der Waals surface area contributed by atoms with Crippen LogP contribution in [0.4, 0.5) is 10.1 Å². The highest BCUT2D eigenvalue weighted by Crippen LogP contribution is 2.20.